The quantitative estimate of drug-likeness (QED) is 0.762. The Bertz CT molecular complexity index is 337. The number of unbranched alkanes of at least 4 members (excludes halogenated alkanes) is 1. The van der Waals surface area contributed by atoms with Crippen molar-refractivity contribution in [3.8, 4) is 0 Å². The summed E-state index contributed by atoms with van der Waals surface area (Å²) in [6.07, 6.45) is 2.54. The fourth-order valence-electron chi connectivity index (χ4n) is 1.77. The number of hydrogen-bond acceptors (Lipinski definition) is 3. The highest BCUT2D eigenvalue weighted by atomic mass is 32.1. The minimum absolute atomic E-state index is 0.286. The smallest absolute Gasteiger partial charge is 0.0299 e. The van der Waals surface area contributed by atoms with Crippen LogP contribution in [0.4, 0.5) is 0 Å². The van der Waals surface area contributed by atoms with Crippen LogP contribution in [0.25, 0.3) is 0 Å². The maximum Gasteiger partial charge on any atom is 0.0299 e. The average Bonchev–Trinajstić information content (AvgIpc) is 2.71. The van der Waals surface area contributed by atoms with Crippen LogP contribution in [0, 0.1) is 0 Å². The Hall–Kier alpha value is -0.380. The van der Waals surface area contributed by atoms with Crippen molar-refractivity contribution in [3.05, 3.63) is 21.9 Å². The first-order valence-corrected chi connectivity index (χ1v) is 7.66. The Morgan fingerprint density at radius 1 is 1.17 bits per heavy atom. The Labute approximate surface area is 116 Å². The van der Waals surface area contributed by atoms with Gasteiger partial charge in [0.05, 0.1) is 0 Å². The molecule has 18 heavy (non-hydrogen) atoms. The highest BCUT2D eigenvalue weighted by Gasteiger charge is 2.15. The molecular formula is C15H28N2S. The van der Waals surface area contributed by atoms with E-state index in [2.05, 4.69) is 57.2 Å². The molecule has 1 rings (SSSR count). The molecule has 1 heterocycles. The van der Waals surface area contributed by atoms with Crippen LogP contribution in [0.5, 0.6) is 0 Å². The summed E-state index contributed by atoms with van der Waals surface area (Å²) in [5, 5.41) is 3.53. The Morgan fingerprint density at radius 2 is 1.89 bits per heavy atom. The van der Waals surface area contributed by atoms with Crippen LogP contribution in [0.3, 0.4) is 0 Å². The summed E-state index contributed by atoms with van der Waals surface area (Å²) < 4.78 is 0. The molecule has 1 aromatic heterocycles. The molecule has 0 saturated heterocycles. The second-order valence-corrected chi connectivity index (χ2v) is 7.37. The molecule has 0 amide bonds. The van der Waals surface area contributed by atoms with Gasteiger partial charge in [-0.2, -0.15) is 0 Å². The number of hydrogen-bond donors (Lipinski definition) is 1. The van der Waals surface area contributed by atoms with E-state index < -0.39 is 0 Å². The molecule has 0 saturated carbocycles. The molecule has 104 valence electrons. The molecule has 0 unspecified atom stereocenters. The van der Waals surface area contributed by atoms with E-state index >= 15 is 0 Å². The zero-order valence-electron chi connectivity index (χ0n) is 12.5. The summed E-state index contributed by atoms with van der Waals surface area (Å²) in [4.78, 5) is 5.17. The van der Waals surface area contributed by atoms with Gasteiger partial charge in [0.25, 0.3) is 0 Å². The van der Waals surface area contributed by atoms with Crippen LogP contribution < -0.4 is 5.32 Å². The first-order chi connectivity index (χ1) is 8.39. The van der Waals surface area contributed by atoms with Gasteiger partial charge in [-0.3, -0.25) is 0 Å². The molecule has 0 atom stereocenters. The SMILES string of the molecule is CN(C)CCCCNCc1ccc(C(C)(C)C)s1. The Balaban J connectivity index is 2.18. The first-order valence-electron chi connectivity index (χ1n) is 6.84. The lowest BCUT2D eigenvalue weighted by atomic mass is 9.95. The number of nitrogens with zero attached hydrogens (tertiary/aromatic N) is 1. The normalized spacial score (nSPS) is 12.3. The molecule has 0 radical (unpaired) electrons. The highest BCUT2D eigenvalue weighted by Crippen LogP contribution is 2.29. The maximum atomic E-state index is 3.53. The molecule has 1 aromatic rings. The lowest BCUT2D eigenvalue weighted by molar-refractivity contribution is 0.392. The van der Waals surface area contributed by atoms with Gasteiger partial charge in [0, 0.05) is 16.3 Å². The van der Waals surface area contributed by atoms with E-state index in [0.717, 1.165) is 13.1 Å². The molecule has 3 heteroatoms. The maximum absolute atomic E-state index is 3.53. The molecule has 0 bridgehead atoms. The van der Waals surface area contributed by atoms with Crippen molar-refractivity contribution in [3.63, 3.8) is 0 Å². The van der Waals surface area contributed by atoms with Crippen LogP contribution in [-0.4, -0.2) is 32.1 Å². The van der Waals surface area contributed by atoms with E-state index in [1.54, 1.807) is 0 Å². The molecule has 1 N–H and O–H groups in total. The van der Waals surface area contributed by atoms with Gasteiger partial charge < -0.3 is 10.2 Å². The van der Waals surface area contributed by atoms with Gasteiger partial charge >= 0.3 is 0 Å². The summed E-state index contributed by atoms with van der Waals surface area (Å²) in [6.45, 7) is 10.2. The van der Waals surface area contributed by atoms with Crippen molar-refractivity contribution >= 4 is 11.3 Å². The number of nitrogens with one attached hydrogen (secondary N) is 1. The molecule has 0 aliphatic rings. The van der Waals surface area contributed by atoms with Gasteiger partial charge in [0.1, 0.15) is 0 Å². The number of thiophene rings is 1. The van der Waals surface area contributed by atoms with E-state index in [4.69, 9.17) is 0 Å². The van der Waals surface area contributed by atoms with Crippen molar-refractivity contribution < 1.29 is 0 Å². The van der Waals surface area contributed by atoms with Crippen LogP contribution in [0.1, 0.15) is 43.4 Å². The molecule has 0 aliphatic heterocycles. The van der Waals surface area contributed by atoms with E-state index in [1.165, 1.54) is 29.1 Å². The van der Waals surface area contributed by atoms with Crippen LogP contribution in [-0.2, 0) is 12.0 Å². The Morgan fingerprint density at radius 3 is 2.44 bits per heavy atom. The summed E-state index contributed by atoms with van der Waals surface area (Å²) in [7, 11) is 4.26. The van der Waals surface area contributed by atoms with E-state index in [9.17, 15) is 0 Å². The minimum atomic E-state index is 0.286. The van der Waals surface area contributed by atoms with Crippen molar-refractivity contribution in [2.24, 2.45) is 0 Å². The lowest BCUT2D eigenvalue weighted by Gasteiger charge is -2.15. The molecule has 2 nitrogen and oxygen atoms in total. The van der Waals surface area contributed by atoms with Gasteiger partial charge in [-0.05, 0) is 57.6 Å². The van der Waals surface area contributed by atoms with E-state index in [0.29, 0.717) is 0 Å². The van der Waals surface area contributed by atoms with Crippen molar-refractivity contribution in [1.29, 1.82) is 0 Å². The summed E-state index contributed by atoms with van der Waals surface area (Å²) in [5.41, 5.74) is 0.286. The third-order valence-electron chi connectivity index (χ3n) is 2.91. The van der Waals surface area contributed by atoms with Gasteiger partial charge in [-0.1, -0.05) is 20.8 Å². The third-order valence-corrected chi connectivity index (χ3v) is 4.42. The van der Waals surface area contributed by atoms with E-state index in [-0.39, 0.29) is 5.41 Å². The van der Waals surface area contributed by atoms with Crippen LogP contribution >= 0.6 is 11.3 Å². The summed E-state index contributed by atoms with van der Waals surface area (Å²) in [5.74, 6) is 0. The molecule has 0 aromatic carbocycles. The van der Waals surface area contributed by atoms with Crippen molar-refractivity contribution in [2.45, 2.75) is 45.6 Å². The van der Waals surface area contributed by atoms with Gasteiger partial charge in [-0.25, -0.2) is 0 Å². The molecule has 0 fully saturated rings. The van der Waals surface area contributed by atoms with Gasteiger partial charge in [0.15, 0.2) is 0 Å². The van der Waals surface area contributed by atoms with Crippen molar-refractivity contribution in [1.82, 2.24) is 10.2 Å². The summed E-state index contributed by atoms with van der Waals surface area (Å²) >= 11 is 1.94. The fraction of sp³-hybridized carbons (Fsp3) is 0.733. The molecule has 0 aliphatic carbocycles. The lowest BCUT2D eigenvalue weighted by Crippen LogP contribution is -2.17. The highest BCUT2D eigenvalue weighted by molar-refractivity contribution is 7.12. The largest absolute Gasteiger partial charge is 0.312 e. The predicted octanol–water partition coefficient (Wildman–Crippen LogP) is 3.48. The van der Waals surface area contributed by atoms with Crippen LogP contribution in [0.15, 0.2) is 12.1 Å². The van der Waals surface area contributed by atoms with Gasteiger partial charge in [0.2, 0.25) is 0 Å². The second kappa shape index (κ2) is 7.27. The predicted molar refractivity (Wildman–Crippen MR) is 82.5 cm³/mol. The molecular weight excluding hydrogens is 240 g/mol. The average molecular weight is 268 g/mol. The van der Waals surface area contributed by atoms with E-state index in [1.807, 2.05) is 11.3 Å². The topological polar surface area (TPSA) is 15.3 Å². The second-order valence-electron chi connectivity index (χ2n) is 6.20. The third kappa shape index (κ3) is 5.98. The summed E-state index contributed by atoms with van der Waals surface area (Å²) in [6, 6.07) is 4.53. The molecule has 0 spiro atoms. The zero-order chi connectivity index (χ0) is 13.6. The Kier molecular flexibility index (Phi) is 6.33. The standard InChI is InChI=1S/C15H28N2S/c1-15(2,3)14-9-8-13(18-14)12-16-10-6-7-11-17(4)5/h8-9,16H,6-7,10-12H2,1-5H3. The van der Waals surface area contributed by atoms with Crippen molar-refractivity contribution in [2.75, 3.05) is 27.2 Å². The van der Waals surface area contributed by atoms with Crippen LogP contribution in [0.2, 0.25) is 0 Å². The first kappa shape index (κ1) is 15.7. The minimum Gasteiger partial charge on any atom is -0.312 e. The fourth-order valence-corrected chi connectivity index (χ4v) is 2.80. The zero-order valence-corrected chi connectivity index (χ0v) is 13.4. The van der Waals surface area contributed by atoms with Gasteiger partial charge in [-0.15, -0.1) is 11.3 Å². The monoisotopic (exact) mass is 268 g/mol. The number of rotatable bonds is 7.